The number of hydrogen-bond acceptors (Lipinski definition) is 4. The molecule has 4 heteroatoms. The third kappa shape index (κ3) is 2.72. The maximum Gasteiger partial charge on any atom is 0.0235 e. The Morgan fingerprint density at radius 3 is 1.44 bits per heavy atom. The smallest absolute Gasteiger partial charge is 0.0235 e. The van der Waals surface area contributed by atoms with Crippen molar-refractivity contribution in [2.24, 2.45) is 11.8 Å². The molecular weight excluding hydrogens is 224 g/mol. The molecule has 4 atom stereocenters. The minimum atomic E-state index is 0.837. The van der Waals surface area contributed by atoms with Crippen LogP contribution in [0.25, 0.3) is 0 Å². The fraction of sp³-hybridized carbons (Fsp3) is 1.00. The van der Waals surface area contributed by atoms with E-state index in [0.29, 0.717) is 0 Å². The number of nitrogens with zero attached hydrogens (tertiary/aromatic N) is 2. The van der Waals surface area contributed by atoms with Gasteiger partial charge in [-0.1, -0.05) is 0 Å². The average Bonchev–Trinajstić information content (AvgIpc) is 2.29. The second-order valence-electron chi connectivity index (χ2n) is 6.65. The number of fused-ring (bicyclic) bond motifs is 2. The molecule has 4 aliphatic rings. The molecule has 0 spiro atoms. The zero-order valence-corrected chi connectivity index (χ0v) is 11.9. The highest BCUT2D eigenvalue weighted by Crippen LogP contribution is 2.23. The molecule has 0 radical (unpaired) electrons. The van der Waals surface area contributed by atoms with Gasteiger partial charge in [-0.15, -0.1) is 0 Å². The van der Waals surface area contributed by atoms with E-state index in [9.17, 15) is 0 Å². The van der Waals surface area contributed by atoms with Crippen LogP contribution < -0.4 is 10.6 Å². The maximum atomic E-state index is 3.44. The summed E-state index contributed by atoms with van der Waals surface area (Å²) in [4.78, 5) is 4.82. The van der Waals surface area contributed by atoms with Crippen molar-refractivity contribution < 1.29 is 0 Å². The number of piperidine rings is 2. The minimum absolute atomic E-state index is 0.837. The summed E-state index contributed by atoms with van der Waals surface area (Å²) < 4.78 is 0. The standard InChI is InChI=1S/2C7H14N2/c2*1-9-3-2-6-4-8-7(6)5-9/h2*6-8H,2-5H2,1H3/t2*6-,7-/m10/s1. The average molecular weight is 252 g/mol. The highest BCUT2D eigenvalue weighted by molar-refractivity contribution is 4.93. The Bertz CT molecular complexity index is 255. The first-order valence-corrected chi connectivity index (χ1v) is 7.56. The van der Waals surface area contributed by atoms with Crippen molar-refractivity contribution in [1.82, 2.24) is 20.4 Å². The van der Waals surface area contributed by atoms with Crippen LogP contribution in [-0.2, 0) is 0 Å². The van der Waals surface area contributed by atoms with Crippen molar-refractivity contribution in [3.05, 3.63) is 0 Å². The molecular formula is C14H28N4. The predicted octanol–water partition coefficient (Wildman–Crippen LogP) is -0.180. The van der Waals surface area contributed by atoms with Gasteiger partial charge in [0, 0.05) is 25.2 Å². The third-order valence-electron chi connectivity index (χ3n) is 5.20. The zero-order chi connectivity index (χ0) is 12.5. The van der Waals surface area contributed by atoms with Crippen LogP contribution in [0.3, 0.4) is 0 Å². The van der Waals surface area contributed by atoms with Crippen molar-refractivity contribution >= 4 is 0 Å². The van der Waals surface area contributed by atoms with Crippen LogP contribution in [0.1, 0.15) is 12.8 Å². The van der Waals surface area contributed by atoms with Crippen LogP contribution in [0.4, 0.5) is 0 Å². The fourth-order valence-electron chi connectivity index (χ4n) is 3.56. The summed E-state index contributed by atoms with van der Waals surface area (Å²) in [6.45, 7) is 7.71. The zero-order valence-electron chi connectivity index (χ0n) is 11.9. The van der Waals surface area contributed by atoms with Gasteiger partial charge in [0.25, 0.3) is 0 Å². The highest BCUT2D eigenvalue weighted by atomic mass is 15.2. The maximum absolute atomic E-state index is 3.44. The third-order valence-corrected chi connectivity index (χ3v) is 5.20. The second kappa shape index (κ2) is 5.45. The number of likely N-dealkylation sites (tertiary alicyclic amines) is 2. The number of rotatable bonds is 0. The Labute approximate surface area is 111 Å². The van der Waals surface area contributed by atoms with Crippen LogP contribution in [0.15, 0.2) is 0 Å². The first-order chi connectivity index (χ1) is 8.72. The minimum Gasteiger partial charge on any atom is -0.312 e. The Morgan fingerprint density at radius 1 is 0.778 bits per heavy atom. The molecule has 0 aromatic rings. The molecule has 0 aromatic carbocycles. The molecule has 4 heterocycles. The molecule has 0 aromatic heterocycles. The monoisotopic (exact) mass is 252 g/mol. The van der Waals surface area contributed by atoms with Gasteiger partial charge in [0.05, 0.1) is 0 Å². The summed E-state index contributed by atoms with van der Waals surface area (Å²) in [6.07, 6.45) is 2.82. The number of nitrogens with one attached hydrogen (secondary N) is 2. The molecule has 4 nitrogen and oxygen atoms in total. The van der Waals surface area contributed by atoms with Gasteiger partial charge in [-0.3, -0.25) is 0 Å². The van der Waals surface area contributed by atoms with E-state index in [1.54, 1.807) is 0 Å². The van der Waals surface area contributed by atoms with E-state index in [0.717, 1.165) is 23.9 Å². The molecule has 4 fully saturated rings. The van der Waals surface area contributed by atoms with E-state index >= 15 is 0 Å². The molecule has 18 heavy (non-hydrogen) atoms. The van der Waals surface area contributed by atoms with E-state index < -0.39 is 0 Å². The molecule has 4 aliphatic heterocycles. The van der Waals surface area contributed by atoms with E-state index in [4.69, 9.17) is 0 Å². The molecule has 0 saturated carbocycles. The summed E-state index contributed by atoms with van der Waals surface area (Å²) in [7, 11) is 4.41. The van der Waals surface area contributed by atoms with Gasteiger partial charge in [0.2, 0.25) is 0 Å². The van der Waals surface area contributed by atoms with Crippen LogP contribution in [-0.4, -0.2) is 75.2 Å². The van der Waals surface area contributed by atoms with Crippen molar-refractivity contribution in [2.75, 3.05) is 53.4 Å². The van der Waals surface area contributed by atoms with E-state index in [-0.39, 0.29) is 0 Å². The lowest BCUT2D eigenvalue weighted by Crippen LogP contribution is -2.61. The second-order valence-corrected chi connectivity index (χ2v) is 6.65. The Hall–Kier alpha value is -0.160. The van der Waals surface area contributed by atoms with Gasteiger partial charge in [0.1, 0.15) is 0 Å². The summed E-state index contributed by atoms with van der Waals surface area (Å²) in [5, 5.41) is 6.87. The Balaban J connectivity index is 0.000000111. The molecule has 0 aliphatic carbocycles. The fourth-order valence-corrected chi connectivity index (χ4v) is 3.56. The van der Waals surface area contributed by atoms with Gasteiger partial charge in [0.15, 0.2) is 0 Å². The SMILES string of the molecule is CN1CC[C@@H]2CN[C@@H]2C1.CN1CC[C@H]2CN[C@H]2C1. The van der Waals surface area contributed by atoms with E-state index in [1.807, 2.05) is 0 Å². The lowest BCUT2D eigenvalue weighted by Gasteiger charge is -2.45. The molecule has 2 N–H and O–H groups in total. The Morgan fingerprint density at radius 2 is 1.22 bits per heavy atom. The lowest BCUT2D eigenvalue weighted by atomic mass is 9.85. The first kappa shape index (κ1) is 12.9. The molecule has 104 valence electrons. The van der Waals surface area contributed by atoms with E-state index in [2.05, 4.69) is 34.5 Å². The summed E-state index contributed by atoms with van der Waals surface area (Å²) in [5.41, 5.74) is 0. The van der Waals surface area contributed by atoms with Gasteiger partial charge < -0.3 is 20.4 Å². The predicted molar refractivity (Wildman–Crippen MR) is 74.8 cm³/mol. The van der Waals surface area contributed by atoms with E-state index in [1.165, 1.54) is 52.1 Å². The molecule has 4 rings (SSSR count). The summed E-state index contributed by atoms with van der Waals surface area (Å²) >= 11 is 0. The van der Waals surface area contributed by atoms with Crippen molar-refractivity contribution in [3.8, 4) is 0 Å². The number of hydrogen-bond donors (Lipinski definition) is 2. The van der Waals surface area contributed by atoms with Gasteiger partial charge in [-0.2, -0.15) is 0 Å². The summed E-state index contributed by atoms with van der Waals surface area (Å²) in [5.74, 6) is 2.03. The van der Waals surface area contributed by atoms with Crippen LogP contribution in [0, 0.1) is 11.8 Å². The first-order valence-electron chi connectivity index (χ1n) is 7.56. The molecule has 0 amide bonds. The van der Waals surface area contributed by atoms with Crippen molar-refractivity contribution in [1.29, 1.82) is 0 Å². The van der Waals surface area contributed by atoms with Crippen LogP contribution >= 0.6 is 0 Å². The van der Waals surface area contributed by atoms with Crippen molar-refractivity contribution in [3.63, 3.8) is 0 Å². The van der Waals surface area contributed by atoms with Crippen LogP contribution in [0.2, 0.25) is 0 Å². The number of likely N-dealkylation sites (N-methyl/N-ethyl adjacent to an activating group) is 2. The molecule has 0 bridgehead atoms. The Kier molecular flexibility index (Phi) is 3.89. The summed E-state index contributed by atoms with van der Waals surface area (Å²) in [6, 6.07) is 1.67. The molecule has 4 saturated heterocycles. The quantitative estimate of drug-likeness (QED) is 0.626. The largest absolute Gasteiger partial charge is 0.312 e. The topological polar surface area (TPSA) is 30.5 Å². The normalized spacial score (nSPS) is 43.7. The molecule has 0 unspecified atom stereocenters. The van der Waals surface area contributed by atoms with Gasteiger partial charge in [-0.25, -0.2) is 0 Å². The highest BCUT2D eigenvalue weighted by Gasteiger charge is 2.34. The van der Waals surface area contributed by atoms with Gasteiger partial charge in [-0.05, 0) is 65.0 Å². The van der Waals surface area contributed by atoms with Gasteiger partial charge >= 0.3 is 0 Å². The van der Waals surface area contributed by atoms with Crippen LogP contribution in [0.5, 0.6) is 0 Å². The lowest BCUT2D eigenvalue weighted by molar-refractivity contribution is 0.103. The van der Waals surface area contributed by atoms with Crippen molar-refractivity contribution in [2.45, 2.75) is 24.9 Å².